The van der Waals surface area contributed by atoms with Crippen molar-refractivity contribution in [1.82, 2.24) is 0 Å². The summed E-state index contributed by atoms with van der Waals surface area (Å²) in [6.07, 6.45) is 4.61. The fourth-order valence-corrected chi connectivity index (χ4v) is 2.79. The Morgan fingerprint density at radius 3 is 2.76 bits per heavy atom. The smallest absolute Gasteiger partial charge is 0.347 e. The lowest BCUT2D eigenvalue weighted by Gasteiger charge is -2.15. The lowest BCUT2D eigenvalue weighted by molar-refractivity contribution is -0.386. The number of nitrogens with zero attached hydrogens (tertiary/aromatic N) is 1. The lowest BCUT2D eigenvalue weighted by Crippen LogP contribution is -2.27. The molecule has 0 aromatic heterocycles. The molecule has 0 amide bonds. The number of halogens is 1. The van der Waals surface area contributed by atoms with Crippen LogP contribution in [0.2, 0.25) is 5.02 Å². The molecule has 0 radical (unpaired) electrons. The Morgan fingerprint density at radius 2 is 2.08 bits per heavy atom. The van der Waals surface area contributed by atoms with E-state index >= 15 is 0 Å². The van der Waals surface area contributed by atoms with Gasteiger partial charge in [-0.2, -0.15) is 0 Å². The van der Waals surface area contributed by atoms with E-state index in [-0.39, 0.29) is 23.1 Å². The molecule has 1 aliphatic carbocycles. The normalized spacial score (nSPS) is 15.8. The Kier molecular flexibility index (Phi) is 7.46. The zero-order valence-electron chi connectivity index (χ0n) is 14.1. The molecule has 1 aromatic rings. The second-order valence-electron chi connectivity index (χ2n) is 5.93. The van der Waals surface area contributed by atoms with Crippen LogP contribution >= 0.6 is 11.6 Å². The van der Waals surface area contributed by atoms with E-state index in [4.69, 9.17) is 25.8 Å². The van der Waals surface area contributed by atoms with Gasteiger partial charge in [0.05, 0.1) is 24.2 Å². The van der Waals surface area contributed by atoms with Crippen molar-refractivity contribution in [2.45, 2.75) is 51.2 Å². The number of nitro benzene ring substituents is 1. The molecule has 138 valence electrons. The molecule has 1 saturated carbocycles. The molecule has 0 saturated heterocycles. The van der Waals surface area contributed by atoms with Gasteiger partial charge in [0.15, 0.2) is 11.9 Å². The first-order valence-electron chi connectivity index (χ1n) is 8.36. The number of ether oxygens (including phenoxy) is 3. The first kappa shape index (κ1) is 19.5. The van der Waals surface area contributed by atoms with Crippen LogP contribution in [-0.2, 0) is 14.3 Å². The highest BCUT2D eigenvalue weighted by molar-refractivity contribution is 6.30. The van der Waals surface area contributed by atoms with Gasteiger partial charge in [0.25, 0.3) is 0 Å². The molecular formula is C17H22ClNO6. The van der Waals surface area contributed by atoms with Crippen molar-refractivity contribution < 1.29 is 23.9 Å². The number of benzene rings is 1. The summed E-state index contributed by atoms with van der Waals surface area (Å²) in [4.78, 5) is 22.3. The summed E-state index contributed by atoms with van der Waals surface area (Å²) in [6.45, 7) is 2.26. The van der Waals surface area contributed by atoms with Crippen LogP contribution in [0.25, 0.3) is 0 Å². The maximum atomic E-state index is 11.9. The number of carbonyl (C=O) groups is 1. The molecule has 8 heteroatoms. The summed E-state index contributed by atoms with van der Waals surface area (Å²) in [7, 11) is 0. The maximum absolute atomic E-state index is 11.9. The number of rotatable bonds is 9. The average Bonchev–Trinajstić information content (AvgIpc) is 3.09. The van der Waals surface area contributed by atoms with Gasteiger partial charge in [-0.25, -0.2) is 4.79 Å². The van der Waals surface area contributed by atoms with Crippen molar-refractivity contribution >= 4 is 23.3 Å². The van der Waals surface area contributed by atoms with Crippen LogP contribution in [0.3, 0.4) is 0 Å². The zero-order valence-corrected chi connectivity index (χ0v) is 14.9. The predicted octanol–water partition coefficient (Wildman–Crippen LogP) is 3.91. The van der Waals surface area contributed by atoms with Crippen LogP contribution in [0.1, 0.15) is 39.0 Å². The van der Waals surface area contributed by atoms with Crippen molar-refractivity contribution in [3.05, 3.63) is 33.3 Å². The third kappa shape index (κ3) is 6.17. The summed E-state index contributed by atoms with van der Waals surface area (Å²) in [5.74, 6) is -0.603. The first-order valence-corrected chi connectivity index (χ1v) is 8.74. The molecule has 25 heavy (non-hydrogen) atoms. The van der Waals surface area contributed by atoms with Crippen molar-refractivity contribution in [2.24, 2.45) is 0 Å². The van der Waals surface area contributed by atoms with Crippen molar-refractivity contribution in [1.29, 1.82) is 0 Å². The third-order valence-corrected chi connectivity index (χ3v) is 4.18. The highest BCUT2D eigenvalue weighted by Gasteiger charge is 2.22. The van der Waals surface area contributed by atoms with Gasteiger partial charge in [-0.15, -0.1) is 0 Å². The van der Waals surface area contributed by atoms with Gasteiger partial charge in [0.1, 0.15) is 0 Å². The molecule has 0 heterocycles. The van der Waals surface area contributed by atoms with E-state index in [1.807, 2.05) is 0 Å². The van der Waals surface area contributed by atoms with Gasteiger partial charge >= 0.3 is 11.7 Å². The van der Waals surface area contributed by atoms with Crippen LogP contribution in [0.15, 0.2) is 18.2 Å². The number of carbonyl (C=O) groups excluding carboxylic acids is 1. The Bertz CT molecular complexity index is 603. The molecule has 0 N–H and O–H groups in total. The number of hydrogen-bond acceptors (Lipinski definition) is 6. The second kappa shape index (κ2) is 9.58. The van der Waals surface area contributed by atoms with Gasteiger partial charge in [0, 0.05) is 17.5 Å². The Balaban J connectivity index is 1.73. The zero-order chi connectivity index (χ0) is 18.2. The van der Waals surface area contributed by atoms with Gasteiger partial charge in [0.2, 0.25) is 0 Å². The van der Waals surface area contributed by atoms with Gasteiger partial charge in [-0.3, -0.25) is 10.1 Å². The minimum Gasteiger partial charge on any atom is -0.472 e. The Hall–Kier alpha value is -1.86. The van der Waals surface area contributed by atoms with Crippen LogP contribution in [-0.4, -0.2) is 36.3 Å². The van der Waals surface area contributed by atoms with Gasteiger partial charge in [-0.05, 0) is 31.9 Å². The quantitative estimate of drug-likeness (QED) is 0.283. The highest BCUT2D eigenvalue weighted by Crippen LogP contribution is 2.30. The fourth-order valence-electron chi connectivity index (χ4n) is 2.63. The largest absolute Gasteiger partial charge is 0.472 e. The van der Waals surface area contributed by atoms with Crippen molar-refractivity contribution in [3.8, 4) is 5.75 Å². The first-order chi connectivity index (χ1) is 12.0. The SMILES string of the molecule is C[C@H](Oc1ccc(Cl)cc1[N+](=O)[O-])C(=O)OCCCOC1CCCC1. The molecule has 0 unspecified atom stereocenters. The van der Waals surface area contributed by atoms with Crippen LogP contribution in [0, 0.1) is 10.1 Å². The van der Waals surface area contributed by atoms with E-state index in [9.17, 15) is 14.9 Å². The molecule has 1 fully saturated rings. The van der Waals surface area contributed by atoms with Crippen LogP contribution in [0.5, 0.6) is 5.75 Å². The number of esters is 1. The summed E-state index contributed by atoms with van der Waals surface area (Å²) in [5.41, 5.74) is -0.294. The van der Waals surface area contributed by atoms with E-state index in [2.05, 4.69) is 0 Å². The molecule has 2 rings (SSSR count). The number of hydrogen-bond donors (Lipinski definition) is 0. The van der Waals surface area contributed by atoms with Crippen molar-refractivity contribution in [2.75, 3.05) is 13.2 Å². The molecular weight excluding hydrogens is 350 g/mol. The molecule has 0 bridgehead atoms. The molecule has 0 spiro atoms. The summed E-state index contributed by atoms with van der Waals surface area (Å²) in [6, 6.07) is 4.00. The standard InChI is InChI=1S/C17H22ClNO6/c1-12(25-16-8-7-13(18)11-15(16)19(21)22)17(20)24-10-4-9-23-14-5-2-3-6-14/h7-8,11-12,14H,2-6,9-10H2,1H3/t12-/m0/s1. The summed E-state index contributed by atoms with van der Waals surface area (Å²) < 4.78 is 16.2. The lowest BCUT2D eigenvalue weighted by atomic mass is 10.3. The molecule has 0 aliphatic heterocycles. The fraction of sp³-hybridized carbons (Fsp3) is 0.588. The molecule has 1 atom stereocenters. The average molecular weight is 372 g/mol. The summed E-state index contributed by atoms with van der Waals surface area (Å²) >= 11 is 5.74. The Morgan fingerprint density at radius 1 is 1.36 bits per heavy atom. The Labute approximate surface area is 151 Å². The van der Waals surface area contributed by atoms with E-state index in [0.29, 0.717) is 19.1 Å². The third-order valence-electron chi connectivity index (χ3n) is 3.94. The highest BCUT2D eigenvalue weighted by atomic mass is 35.5. The van der Waals surface area contributed by atoms with Crippen LogP contribution < -0.4 is 4.74 Å². The second-order valence-corrected chi connectivity index (χ2v) is 6.36. The minimum absolute atomic E-state index is 0.0246. The van der Waals surface area contributed by atoms with E-state index in [1.54, 1.807) is 0 Å². The molecule has 1 aliphatic rings. The van der Waals surface area contributed by atoms with Crippen molar-refractivity contribution in [3.63, 3.8) is 0 Å². The van der Waals surface area contributed by atoms with E-state index < -0.39 is 17.0 Å². The van der Waals surface area contributed by atoms with Gasteiger partial charge < -0.3 is 14.2 Å². The topological polar surface area (TPSA) is 87.9 Å². The van der Waals surface area contributed by atoms with E-state index in [1.165, 1.54) is 38.0 Å². The predicted molar refractivity (Wildman–Crippen MR) is 92.0 cm³/mol. The monoisotopic (exact) mass is 371 g/mol. The molecule has 7 nitrogen and oxygen atoms in total. The maximum Gasteiger partial charge on any atom is 0.347 e. The summed E-state index contributed by atoms with van der Waals surface area (Å²) in [5, 5.41) is 11.2. The van der Waals surface area contributed by atoms with E-state index in [0.717, 1.165) is 12.8 Å². The minimum atomic E-state index is -0.962. The number of nitro groups is 1. The van der Waals surface area contributed by atoms with Crippen LogP contribution in [0.4, 0.5) is 5.69 Å². The van der Waals surface area contributed by atoms with Gasteiger partial charge in [-0.1, -0.05) is 24.4 Å². The molecule has 1 aromatic carbocycles.